The Kier molecular flexibility index (Phi) is 22.1. The normalized spacial score (nSPS) is 12.1. The summed E-state index contributed by atoms with van der Waals surface area (Å²) in [4.78, 5) is 45.7. The number of aliphatic hydroxyl groups excluding tert-OH is 1. The molecule has 0 aromatic heterocycles. The number of aldehydes is 1. The Morgan fingerprint density at radius 3 is 2.12 bits per heavy atom. The number of carbonyl (C=O) groups excluding carboxylic acids is 4. The van der Waals surface area contributed by atoms with Gasteiger partial charge in [0.15, 0.2) is 0 Å². The molecule has 0 bridgehead atoms. The molecule has 11 heteroatoms. The fourth-order valence-electron chi connectivity index (χ4n) is 5.67. The average molecular weight is 706 g/mol. The Bertz CT molecular complexity index is 1460. The van der Waals surface area contributed by atoms with E-state index in [9.17, 15) is 14.4 Å². The van der Waals surface area contributed by atoms with Gasteiger partial charge in [0.2, 0.25) is 18.2 Å². The topological polar surface area (TPSA) is 200 Å². The molecule has 0 saturated carbocycles. The number of nitrogens with one attached hydrogen (secondary N) is 2. The lowest BCUT2D eigenvalue weighted by Gasteiger charge is -2.23. The van der Waals surface area contributed by atoms with E-state index in [1.165, 1.54) is 22.3 Å². The largest absolute Gasteiger partial charge is 0.494 e. The highest BCUT2D eigenvalue weighted by Crippen LogP contribution is 2.29. The highest BCUT2D eigenvalue weighted by Gasteiger charge is 2.25. The zero-order chi connectivity index (χ0) is 38.2. The summed E-state index contributed by atoms with van der Waals surface area (Å²) in [5.41, 5.74) is 23.7. The van der Waals surface area contributed by atoms with Crippen LogP contribution in [0.5, 0.6) is 5.75 Å². The number of primary amides is 1. The lowest BCUT2D eigenvalue weighted by atomic mass is 9.95. The van der Waals surface area contributed by atoms with Crippen molar-refractivity contribution in [2.24, 2.45) is 17.2 Å². The molecule has 0 aliphatic rings. The number of aryl methyl sites for hydroxylation is 4. The molecule has 3 atom stereocenters. The average Bonchev–Trinajstić information content (AvgIpc) is 3.11. The molecule has 2 unspecified atom stereocenters. The van der Waals surface area contributed by atoms with E-state index in [2.05, 4.69) is 67.5 Å². The van der Waals surface area contributed by atoms with Gasteiger partial charge in [-0.15, -0.1) is 0 Å². The van der Waals surface area contributed by atoms with E-state index >= 15 is 0 Å². The van der Waals surface area contributed by atoms with Crippen LogP contribution >= 0.6 is 0 Å². The third-order valence-electron chi connectivity index (χ3n) is 8.12. The van der Waals surface area contributed by atoms with Crippen LogP contribution in [0.25, 0.3) is 11.1 Å². The lowest BCUT2D eigenvalue weighted by Crippen LogP contribution is -2.53. The molecule has 11 nitrogen and oxygen atoms in total. The Labute approximate surface area is 303 Å². The van der Waals surface area contributed by atoms with Crippen molar-refractivity contribution < 1.29 is 29.0 Å². The van der Waals surface area contributed by atoms with Crippen LogP contribution in [0.3, 0.4) is 0 Å². The third-order valence-corrected chi connectivity index (χ3v) is 8.12. The summed E-state index contributed by atoms with van der Waals surface area (Å²) in [6.07, 6.45) is 6.42. The molecular weight excluding hydrogens is 646 g/mol. The highest BCUT2D eigenvalue weighted by molar-refractivity contribution is 5.91. The molecule has 0 radical (unpaired) electrons. The fraction of sp³-hybridized carbons (Fsp3) is 0.450. The Hall–Kier alpha value is -4.58. The van der Waals surface area contributed by atoms with Gasteiger partial charge in [0.05, 0.1) is 12.6 Å². The second kappa shape index (κ2) is 25.4. The SMILES string of the molecule is CCc1cc(OCCCCN)ccc1-c1ccc(C[C@H](NC(=O)C(N)CC=O)C(=O)NC(C)CCCc2cc(C)cc(C)c2)cc1.CO.NC=O. The van der Waals surface area contributed by atoms with Gasteiger partial charge in [-0.05, 0) is 106 Å². The van der Waals surface area contributed by atoms with E-state index < -0.39 is 18.0 Å². The van der Waals surface area contributed by atoms with Gasteiger partial charge >= 0.3 is 0 Å². The smallest absolute Gasteiger partial charge is 0.243 e. The molecule has 9 N–H and O–H groups in total. The molecule has 0 heterocycles. The minimum absolute atomic E-state index is 0.0797. The van der Waals surface area contributed by atoms with Gasteiger partial charge in [0, 0.05) is 26.0 Å². The number of ether oxygens (including phenoxy) is 1. The van der Waals surface area contributed by atoms with Crippen LogP contribution in [-0.2, 0) is 38.4 Å². The maximum absolute atomic E-state index is 13.5. The molecule has 0 aliphatic carbocycles. The van der Waals surface area contributed by atoms with Crippen LogP contribution in [-0.4, -0.2) is 68.0 Å². The Balaban J connectivity index is 0.00000246. The van der Waals surface area contributed by atoms with E-state index in [0.717, 1.165) is 68.1 Å². The molecule has 3 rings (SSSR count). The van der Waals surface area contributed by atoms with Crippen molar-refractivity contribution in [3.05, 3.63) is 88.5 Å². The number of aliphatic hydroxyl groups is 1. The first-order valence-electron chi connectivity index (χ1n) is 17.6. The van der Waals surface area contributed by atoms with Crippen molar-refractivity contribution >= 4 is 24.5 Å². The first-order valence-corrected chi connectivity index (χ1v) is 17.6. The number of nitrogens with two attached hydrogens (primary N) is 3. The molecule has 51 heavy (non-hydrogen) atoms. The standard InChI is InChI=1S/C38H52N4O4.CH3NO.CH4O/c1-5-31-25-33(46-20-7-6-18-39)15-16-34(31)32-13-11-29(12-14-32)24-36(42-37(44)35(40)17-19-43)38(45)41-28(4)9-8-10-30-22-26(2)21-27(3)23-30;2-1-3;1-2/h11-16,19,21-23,25,28,35-36H,5-10,17-18,20,24,39-40H2,1-4H3,(H,41,45)(H,42,44);1H,(H2,2,3);2H,1H3/t28?,35?,36-;;/m0../s1. The predicted octanol–water partition coefficient (Wildman–Crippen LogP) is 3.83. The van der Waals surface area contributed by atoms with Gasteiger partial charge in [0.1, 0.15) is 18.1 Å². The third kappa shape index (κ3) is 16.8. The molecule has 3 aromatic rings. The highest BCUT2D eigenvalue weighted by atomic mass is 16.5. The minimum atomic E-state index is -1.01. The van der Waals surface area contributed by atoms with Crippen LogP contribution in [0.15, 0.2) is 60.7 Å². The van der Waals surface area contributed by atoms with Crippen LogP contribution in [0.1, 0.15) is 73.8 Å². The second-order valence-corrected chi connectivity index (χ2v) is 12.4. The summed E-state index contributed by atoms with van der Waals surface area (Å²) in [7, 11) is 1.00. The molecule has 0 saturated heterocycles. The van der Waals surface area contributed by atoms with Crippen molar-refractivity contribution in [2.45, 2.75) is 97.2 Å². The quantitative estimate of drug-likeness (QED) is 0.0798. The van der Waals surface area contributed by atoms with Crippen molar-refractivity contribution in [1.29, 1.82) is 0 Å². The van der Waals surface area contributed by atoms with Gasteiger partial charge in [-0.3, -0.25) is 14.4 Å². The zero-order valence-corrected chi connectivity index (χ0v) is 31.0. The molecule has 280 valence electrons. The van der Waals surface area contributed by atoms with E-state index in [0.29, 0.717) is 19.4 Å². The number of carbonyl (C=O) groups is 4. The van der Waals surface area contributed by atoms with Gasteiger partial charge < -0.3 is 42.5 Å². The monoisotopic (exact) mass is 705 g/mol. The number of hydrogen-bond acceptors (Lipinski definition) is 8. The van der Waals surface area contributed by atoms with Crippen molar-refractivity contribution in [2.75, 3.05) is 20.3 Å². The lowest BCUT2D eigenvalue weighted by molar-refractivity contribution is -0.130. The number of benzene rings is 3. The zero-order valence-electron chi connectivity index (χ0n) is 31.0. The van der Waals surface area contributed by atoms with Gasteiger partial charge in [0.25, 0.3) is 0 Å². The van der Waals surface area contributed by atoms with Crippen LogP contribution < -0.4 is 32.6 Å². The molecule has 3 aromatic carbocycles. The van der Waals surface area contributed by atoms with Crippen molar-refractivity contribution in [3.8, 4) is 16.9 Å². The van der Waals surface area contributed by atoms with E-state index in [1.54, 1.807) is 0 Å². The number of hydrogen-bond donors (Lipinski definition) is 6. The second-order valence-electron chi connectivity index (χ2n) is 12.4. The van der Waals surface area contributed by atoms with Gasteiger partial charge in [-0.2, -0.15) is 0 Å². The molecule has 0 aliphatic heterocycles. The Morgan fingerprint density at radius 1 is 0.882 bits per heavy atom. The molecule has 0 fully saturated rings. The number of rotatable bonds is 19. The summed E-state index contributed by atoms with van der Waals surface area (Å²) < 4.78 is 5.91. The Morgan fingerprint density at radius 2 is 1.53 bits per heavy atom. The summed E-state index contributed by atoms with van der Waals surface area (Å²) in [5, 5.41) is 12.9. The first-order chi connectivity index (χ1) is 24.5. The molecule has 3 amide bonds. The van der Waals surface area contributed by atoms with E-state index in [1.807, 2.05) is 37.3 Å². The van der Waals surface area contributed by atoms with Crippen molar-refractivity contribution in [1.82, 2.24) is 10.6 Å². The first kappa shape index (κ1) is 44.4. The predicted molar refractivity (Wildman–Crippen MR) is 204 cm³/mol. The van der Waals surface area contributed by atoms with Gasteiger partial charge in [-0.25, -0.2) is 0 Å². The number of amides is 3. The minimum Gasteiger partial charge on any atom is -0.494 e. The summed E-state index contributed by atoms with van der Waals surface area (Å²) in [6, 6.07) is 18.9. The molecule has 0 spiro atoms. The van der Waals surface area contributed by atoms with Crippen LogP contribution in [0, 0.1) is 13.8 Å². The van der Waals surface area contributed by atoms with Gasteiger partial charge in [-0.1, -0.05) is 66.6 Å². The summed E-state index contributed by atoms with van der Waals surface area (Å²) >= 11 is 0. The summed E-state index contributed by atoms with van der Waals surface area (Å²) in [5.74, 6) is 0.0559. The molecular formula is C40H59N5O6. The van der Waals surface area contributed by atoms with Crippen LogP contribution in [0.4, 0.5) is 0 Å². The fourth-order valence-corrected chi connectivity index (χ4v) is 5.67. The van der Waals surface area contributed by atoms with Crippen LogP contribution in [0.2, 0.25) is 0 Å². The number of unbranched alkanes of at least 4 members (excludes halogenated alkanes) is 1. The van der Waals surface area contributed by atoms with E-state index in [4.69, 9.17) is 26.1 Å². The maximum atomic E-state index is 13.5. The summed E-state index contributed by atoms with van der Waals surface area (Å²) in [6.45, 7) is 9.61. The van der Waals surface area contributed by atoms with E-state index in [-0.39, 0.29) is 31.2 Å². The van der Waals surface area contributed by atoms with Crippen molar-refractivity contribution in [3.63, 3.8) is 0 Å². The maximum Gasteiger partial charge on any atom is 0.243 e.